The minimum absolute atomic E-state index is 0.581. The van der Waals surface area contributed by atoms with E-state index in [9.17, 15) is 0 Å². The Kier molecular flexibility index (Phi) is 18.3. The number of anilines is 2. The quantitative estimate of drug-likeness (QED) is 0.0523. The molecule has 0 aliphatic rings. The number of terminal acetylenes is 1. The van der Waals surface area contributed by atoms with Crippen LogP contribution in [0.4, 0.5) is 11.4 Å². The van der Waals surface area contributed by atoms with Gasteiger partial charge in [0.15, 0.2) is 0 Å². The highest BCUT2D eigenvalue weighted by molar-refractivity contribution is 7.84. The summed E-state index contributed by atoms with van der Waals surface area (Å²) >= 11 is 4.65. The highest BCUT2D eigenvalue weighted by Gasteiger charge is 2.15. The Labute approximate surface area is 377 Å². The molecule has 0 saturated heterocycles. The highest BCUT2D eigenvalue weighted by atomic mass is 32.1. The molecule has 5 aromatic carbocycles. The molecule has 0 aliphatic heterocycles. The lowest BCUT2D eigenvalue weighted by Crippen LogP contribution is -2.15. The highest BCUT2D eigenvalue weighted by Crippen LogP contribution is 2.34. The van der Waals surface area contributed by atoms with Crippen LogP contribution in [0, 0.1) is 19.3 Å². The fraction of sp³-hybridized carbons (Fsp3) is 0.133. The minimum atomic E-state index is 0.581. The van der Waals surface area contributed by atoms with Gasteiger partial charge in [-0.25, -0.2) is 0 Å². The molecule has 0 heterocycles. The van der Waals surface area contributed by atoms with Crippen LogP contribution in [0.2, 0.25) is 0 Å². The number of nitrogens with zero attached hydrogens (tertiary/aromatic N) is 1. The van der Waals surface area contributed by atoms with Crippen molar-refractivity contribution >= 4 is 58.1 Å². The number of allylic oxidation sites excluding steroid dienone is 18. The molecule has 5 rings (SSSR count). The van der Waals surface area contributed by atoms with Crippen molar-refractivity contribution in [3.63, 3.8) is 0 Å². The van der Waals surface area contributed by atoms with E-state index in [1.807, 2.05) is 19.1 Å². The van der Waals surface area contributed by atoms with E-state index >= 15 is 0 Å². The van der Waals surface area contributed by atoms with Gasteiger partial charge in [0.1, 0.15) is 0 Å². The molecule has 0 bridgehead atoms. The topological polar surface area (TPSA) is 3.24 Å². The smallest absolute Gasteiger partial charge is 0.0464 e. The summed E-state index contributed by atoms with van der Waals surface area (Å²) in [6.45, 7) is 14.4. The monoisotopic (exact) mass is 825 g/mol. The van der Waals surface area contributed by atoms with Gasteiger partial charge in [0.05, 0.1) is 0 Å². The van der Waals surface area contributed by atoms with Gasteiger partial charge in [-0.05, 0) is 144 Å². The van der Waals surface area contributed by atoms with Crippen LogP contribution in [0.1, 0.15) is 74.8 Å². The molecule has 0 saturated carbocycles. The molecular formula is C60H59NS. The molecule has 5 aromatic rings. The Morgan fingerprint density at radius 1 is 0.758 bits per heavy atom. The second-order valence-corrected chi connectivity index (χ2v) is 15.7. The van der Waals surface area contributed by atoms with Gasteiger partial charge >= 0.3 is 0 Å². The van der Waals surface area contributed by atoms with Crippen LogP contribution in [0.5, 0.6) is 0 Å². The second-order valence-electron chi connectivity index (χ2n) is 15.0. The van der Waals surface area contributed by atoms with E-state index < -0.39 is 0 Å². The van der Waals surface area contributed by atoms with Crippen molar-refractivity contribution in [2.75, 3.05) is 4.90 Å². The first kappa shape index (κ1) is 46.3. The van der Waals surface area contributed by atoms with Gasteiger partial charge in [-0.3, -0.25) is 0 Å². The molecule has 0 spiro atoms. The Hall–Kier alpha value is -6.79. The number of fused-ring (bicyclic) bond motifs is 1. The molecule has 0 atom stereocenters. The lowest BCUT2D eigenvalue weighted by Gasteiger charge is -2.27. The van der Waals surface area contributed by atoms with Crippen LogP contribution in [-0.2, 0) is 0 Å². The summed E-state index contributed by atoms with van der Waals surface area (Å²) in [7, 11) is 0. The Balaban J connectivity index is 1.54. The molecule has 0 N–H and O–H groups in total. The van der Waals surface area contributed by atoms with Gasteiger partial charge in [0, 0.05) is 23.5 Å². The van der Waals surface area contributed by atoms with Crippen LogP contribution >= 0.6 is 12.6 Å². The van der Waals surface area contributed by atoms with E-state index in [4.69, 9.17) is 6.42 Å². The predicted molar refractivity (Wildman–Crippen MR) is 279 cm³/mol. The van der Waals surface area contributed by atoms with Crippen molar-refractivity contribution in [3.05, 3.63) is 250 Å². The summed E-state index contributed by atoms with van der Waals surface area (Å²) in [5.41, 5.74) is 13.8. The molecule has 0 amide bonds. The molecule has 62 heavy (non-hydrogen) atoms. The Morgan fingerprint density at radius 2 is 1.50 bits per heavy atom. The van der Waals surface area contributed by atoms with Crippen LogP contribution < -0.4 is 4.90 Å². The predicted octanol–water partition coefficient (Wildman–Crippen LogP) is 17.2. The third kappa shape index (κ3) is 13.4. The average Bonchev–Trinajstić information content (AvgIpc) is 3.29. The van der Waals surface area contributed by atoms with E-state index in [-0.39, 0.29) is 0 Å². The minimum Gasteiger partial charge on any atom is -0.311 e. The largest absolute Gasteiger partial charge is 0.311 e. The first-order chi connectivity index (χ1) is 30.3. The van der Waals surface area contributed by atoms with E-state index in [2.05, 4.69) is 246 Å². The van der Waals surface area contributed by atoms with E-state index in [1.54, 1.807) is 6.08 Å². The SMILES string of the molecule is C#CC/C=C\C(=C/CC(/C=C\C=C)=C(/C)S)C/C=C\C(=C/C)N(c1ccc(C(/C=C/c2ccccc2)=C/C=C(\C)c2cccc3ccccc23)cc1)c1ccc(/C=C\C)c(C)c1. The van der Waals surface area contributed by atoms with Crippen molar-refractivity contribution < 1.29 is 0 Å². The number of aryl methyl sites for hydroxylation is 1. The maximum Gasteiger partial charge on any atom is 0.0464 e. The lowest BCUT2D eigenvalue weighted by atomic mass is 9.97. The number of hydrogen-bond acceptors (Lipinski definition) is 2. The zero-order valence-corrected chi connectivity index (χ0v) is 37.8. The molecule has 0 fully saturated rings. The van der Waals surface area contributed by atoms with Crippen molar-refractivity contribution in [3.8, 4) is 12.3 Å². The molecule has 310 valence electrons. The summed E-state index contributed by atoms with van der Waals surface area (Å²) in [6, 6.07) is 41.2. The second kappa shape index (κ2) is 24.5. The third-order valence-corrected chi connectivity index (χ3v) is 10.8. The Morgan fingerprint density at radius 3 is 2.21 bits per heavy atom. The van der Waals surface area contributed by atoms with Crippen LogP contribution in [0.25, 0.3) is 34.1 Å². The molecule has 2 heteroatoms. The number of hydrogen-bond donors (Lipinski definition) is 1. The van der Waals surface area contributed by atoms with Crippen molar-refractivity contribution in [2.45, 2.75) is 53.9 Å². The molecule has 0 radical (unpaired) electrons. The average molecular weight is 826 g/mol. The third-order valence-electron chi connectivity index (χ3n) is 10.5. The maximum absolute atomic E-state index is 5.60. The first-order valence-electron chi connectivity index (χ1n) is 21.3. The van der Waals surface area contributed by atoms with E-state index in [0.29, 0.717) is 6.42 Å². The van der Waals surface area contributed by atoms with Gasteiger partial charge in [0.25, 0.3) is 0 Å². The molecular weight excluding hydrogens is 767 g/mol. The molecule has 1 nitrogen and oxygen atoms in total. The number of rotatable bonds is 18. The van der Waals surface area contributed by atoms with E-state index in [1.165, 1.54) is 38.6 Å². The zero-order chi connectivity index (χ0) is 44.1. The van der Waals surface area contributed by atoms with Crippen molar-refractivity contribution in [1.29, 1.82) is 0 Å². The lowest BCUT2D eigenvalue weighted by molar-refractivity contribution is 1.16. The summed E-state index contributed by atoms with van der Waals surface area (Å²) in [5.74, 6) is 2.73. The normalized spacial score (nSPS) is 13.6. The van der Waals surface area contributed by atoms with Gasteiger partial charge in [-0.1, -0.05) is 183 Å². The van der Waals surface area contributed by atoms with Crippen LogP contribution in [-0.4, -0.2) is 0 Å². The standard InChI is InChI=1S/C60H59NS/c1-8-12-15-23-50(34-37-52(48(7)62)27-13-9-2)26-20-30-56(11-4)61(58-44-39-51(22-10-3)47(6)45-58)57-42-40-54(41-43-57)53(38-35-49-24-16-14-17-25-49)36-33-46(5)59-32-21-29-55-28-18-19-31-60(55)59/h1,9-11,13-25,27-36,38-45,62H,2,12,26,37H2,3-7H3/b22-10-,23-15-,27-13-,30-20-,38-35+,46-33+,50-34+,52-48-,53-36+,56-11+. The van der Waals surface area contributed by atoms with Gasteiger partial charge in [-0.2, -0.15) is 0 Å². The Bertz CT molecular complexity index is 2650. The summed E-state index contributed by atoms with van der Waals surface area (Å²) in [5, 5.41) is 2.50. The molecule has 0 aromatic heterocycles. The van der Waals surface area contributed by atoms with Crippen LogP contribution in [0.3, 0.4) is 0 Å². The van der Waals surface area contributed by atoms with Crippen LogP contribution in [0.15, 0.2) is 223 Å². The van der Waals surface area contributed by atoms with Gasteiger partial charge in [0.2, 0.25) is 0 Å². The van der Waals surface area contributed by atoms with Crippen molar-refractivity contribution in [2.24, 2.45) is 0 Å². The number of benzene rings is 5. The fourth-order valence-electron chi connectivity index (χ4n) is 7.16. The molecule has 0 unspecified atom stereocenters. The summed E-state index contributed by atoms with van der Waals surface area (Å²) < 4.78 is 0. The zero-order valence-electron chi connectivity index (χ0n) is 36.9. The van der Waals surface area contributed by atoms with Crippen molar-refractivity contribution in [1.82, 2.24) is 0 Å². The first-order valence-corrected chi connectivity index (χ1v) is 21.7. The fourth-order valence-corrected chi connectivity index (χ4v) is 7.33. The summed E-state index contributed by atoms with van der Waals surface area (Å²) in [4.78, 5) is 3.32. The van der Waals surface area contributed by atoms with Gasteiger partial charge in [-0.15, -0.1) is 25.0 Å². The maximum atomic E-state index is 5.60. The van der Waals surface area contributed by atoms with E-state index in [0.717, 1.165) is 57.1 Å². The molecule has 0 aliphatic carbocycles. The number of thiol groups is 1. The van der Waals surface area contributed by atoms with Gasteiger partial charge < -0.3 is 4.90 Å². The summed E-state index contributed by atoms with van der Waals surface area (Å²) in [6.07, 6.45) is 39.7.